The molecule has 5 nitrogen and oxygen atoms in total. The van der Waals surface area contributed by atoms with Crippen LogP contribution in [0.1, 0.15) is 5.56 Å². The molecule has 7 heteroatoms. The molecule has 1 N–H and O–H groups in total. The zero-order valence-corrected chi connectivity index (χ0v) is 18.9. The number of benzene rings is 3. The third kappa shape index (κ3) is 3.80. The highest BCUT2D eigenvalue weighted by atomic mass is 35.5. The van der Waals surface area contributed by atoms with Crippen LogP contribution in [0.4, 0.5) is 0 Å². The summed E-state index contributed by atoms with van der Waals surface area (Å²) in [6, 6.07) is 23.5. The Kier molecular flexibility index (Phi) is 4.93. The summed E-state index contributed by atoms with van der Waals surface area (Å²) in [7, 11) is 0. The molecule has 3 heterocycles. The van der Waals surface area contributed by atoms with Crippen LogP contribution in [0.2, 0.25) is 10.0 Å². The van der Waals surface area contributed by atoms with Crippen molar-refractivity contribution in [1.29, 1.82) is 0 Å². The first kappa shape index (κ1) is 20.1. The molecular weight excluding hydrogens is 455 g/mol. The van der Waals surface area contributed by atoms with E-state index in [4.69, 9.17) is 33.0 Å². The van der Waals surface area contributed by atoms with Crippen LogP contribution in [0, 0.1) is 0 Å². The van der Waals surface area contributed by atoms with Crippen molar-refractivity contribution in [2.75, 3.05) is 6.61 Å². The highest BCUT2D eigenvalue weighted by Gasteiger charge is 2.18. The number of ether oxygens (including phenoxy) is 1. The molecule has 3 aromatic carbocycles. The van der Waals surface area contributed by atoms with Gasteiger partial charge in [0.15, 0.2) is 0 Å². The molecule has 0 fully saturated rings. The van der Waals surface area contributed by atoms with Gasteiger partial charge in [0.25, 0.3) is 0 Å². The van der Waals surface area contributed by atoms with Crippen LogP contribution in [0.3, 0.4) is 0 Å². The van der Waals surface area contributed by atoms with E-state index in [0.717, 1.165) is 58.2 Å². The van der Waals surface area contributed by atoms with Crippen molar-refractivity contribution < 1.29 is 4.74 Å². The summed E-state index contributed by atoms with van der Waals surface area (Å²) in [5.41, 5.74) is 7.68. The summed E-state index contributed by atoms with van der Waals surface area (Å²) < 4.78 is 7.48. The van der Waals surface area contributed by atoms with Crippen LogP contribution in [0.25, 0.3) is 39.5 Å². The molecule has 5 aromatic rings. The Bertz CT molecular complexity index is 1450. The predicted molar refractivity (Wildman–Crippen MR) is 131 cm³/mol. The van der Waals surface area contributed by atoms with Crippen molar-refractivity contribution in [3.05, 3.63) is 94.6 Å². The average Bonchev–Trinajstić information content (AvgIpc) is 3.58. The van der Waals surface area contributed by atoms with Crippen LogP contribution >= 0.6 is 23.2 Å². The third-order valence-electron chi connectivity index (χ3n) is 5.78. The fourth-order valence-corrected chi connectivity index (χ4v) is 4.32. The molecule has 0 unspecified atom stereocenters. The van der Waals surface area contributed by atoms with Gasteiger partial charge in [-0.05, 0) is 66.2 Å². The SMILES string of the molecule is Clc1ccc(-c2nn(-c3ccc(Cl)cc3)cc2-c2cc(-c3ccc4c(c3)CCO4)n[nH]2)cc1. The first-order chi connectivity index (χ1) is 16.1. The molecule has 33 heavy (non-hydrogen) atoms. The molecule has 0 amide bonds. The number of nitrogens with zero attached hydrogens (tertiary/aromatic N) is 3. The molecule has 0 atom stereocenters. The van der Waals surface area contributed by atoms with Crippen LogP contribution in [-0.2, 0) is 6.42 Å². The Morgan fingerprint density at radius 3 is 2.36 bits per heavy atom. The molecule has 0 aliphatic carbocycles. The number of aromatic nitrogens is 4. The van der Waals surface area contributed by atoms with Gasteiger partial charge in [-0.2, -0.15) is 10.2 Å². The molecule has 162 valence electrons. The van der Waals surface area contributed by atoms with Crippen molar-refractivity contribution in [2.45, 2.75) is 6.42 Å². The number of rotatable bonds is 4. The summed E-state index contributed by atoms with van der Waals surface area (Å²) >= 11 is 12.2. The van der Waals surface area contributed by atoms with Gasteiger partial charge in [-0.25, -0.2) is 4.68 Å². The first-order valence-corrected chi connectivity index (χ1v) is 11.3. The van der Waals surface area contributed by atoms with E-state index in [1.807, 2.05) is 71.5 Å². The Morgan fingerprint density at radius 2 is 1.58 bits per heavy atom. The summed E-state index contributed by atoms with van der Waals surface area (Å²) in [4.78, 5) is 0. The maximum Gasteiger partial charge on any atom is 0.122 e. The lowest BCUT2D eigenvalue weighted by atomic mass is 10.0. The number of hydrogen-bond acceptors (Lipinski definition) is 3. The molecule has 0 bridgehead atoms. The number of nitrogens with one attached hydrogen (secondary N) is 1. The van der Waals surface area contributed by atoms with E-state index < -0.39 is 0 Å². The van der Waals surface area contributed by atoms with Gasteiger partial charge >= 0.3 is 0 Å². The normalized spacial score (nSPS) is 12.5. The second-order valence-corrected chi connectivity index (χ2v) is 8.78. The van der Waals surface area contributed by atoms with Crippen molar-refractivity contribution >= 4 is 23.2 Å². The van der Waals surface area contributed by atoms with Crippen molar-refractivity contribution in [3.8, 4) is 45.2 Å². The highest BCUT2D eigenvalue weighted by molar-refractivity contribution is 6.30. The molecular formula is C26H18Cl2N4O. The lowest BCUT2D eigenvalue weighted by Crippen LogP contribution is -1.94. The van der Waals surface area contributed by atoms with E-state index in [2.05, 4.69) is 22.3 Å². The van der Waals surface area contributed by atoms with Gasteiger partial charge in [-0.15, -0.1) is 0 Å². The van der Waals surface area contributed by atoms with Gasteiger partial charge in [0.1, 0.15) is 11.4 Å². The van der Waals surface area contributed by atoms with E-state index in [-0.39, 0.29) is 0 Å². The van der Waals surface area contributed by atoms with Gasteiger partial charge in [-0.3, -0.25) is 5.10 Å². The van der Waals surface area contributed by atoms with Crippen molar-refractivity contribution in [1.82, 2.24) is 20.0 Å². The monoisotopic (exact) mass is 472 g/mol. The van der Waals surface area contributed by atoms with Crippen molar-refractivity contribution in [3.63, 3.8) is 0 Å². The fraction of sp³-hybridized carbons (Fsp3) is 0.0769. The molecule has 0 radical (unpaired) electrons. The van der Waals surface area contributed by atoms with Gasteiger partial charge < -0.3 is 4.74 Å². The minimum Gasteiger partial charge on any atom is -0.493 e. The molecule has 0 saturated heterocycles. The number of halogens is 2. The molecule has 1 aliphatic heterocycles. The van der Waals surface area contributed by atoms with E-state index in [1.54, 1.807) is 0 Å². The van der Waals surface area contributed by atoms with Crippen LogP contribution in [-0.4, -0.2) is 26.6 Å². The second kappa shape index (κ2) is 8.10. The zero-order valence-electron chi connectivity index (χ0n) is 17.4. The first-order valence-electron chi connectivity index (χ1n) is 10.6. The Labute approximate surface area is 200 Å². The van der Waals surface area contributed by atoms with Crippen LogP contribution in [0.5, 0.6) is 5.75 Å². The summed E-state index contributed by atoms with van der Waals surface area (Å²) in [5, 5.41) is 14.0. The van der Waals surface area contributed by atoms with Gasteiger partial charge in [0.2, 0.25) is 0 Å². The Balaban J connectivity index is 1.44. The van der Waals surface area contributed by atoms with Gasteiger partial charge in [0, 0.05) is 39.4 Å². The highest BCUT2D eigenvalue weighted by Crippen LogP contribution is 2.35. The quantitative estimate of drug-likeness (QED) is 0.311. The van der Waals surface area contributed by atoms with Crippen LogP contribution in [0.15, 0.2) is 79.0 Å². The molecule has 6 rings (SSSR count). The minimum atomic E-state index is 0.682. The molecule has 2 aromatic heterocycles. The predicted octanol–water partition coefficient (Wildman–Crippen LogP) is 6.84. The lowest BCUT2D eigenvalue weighted by Gasteiger charge is -2.02. The Hall–Kier alpha value is -3.54. The number of aromatic amines is 1. The second-order valence-electron chi connectivity index (χ2n) is 7.91. The standard InChI is InChI=1S/C26H18Cl2N4O/c27-19-4-1-16(2-5-19)26-22(15-32(31-26)21-8-6-20(28)7-9-21)24-14-23(29-30-24)17-3-10-25-18(13-17)11-12-33-25/h1-10,13-15H,11-12H2,(H,29,30). The van der Waals surface area contributed by atoms with Gasteiger partial charge in [0.05, 0.1) is 23.7 Å². The van der Waals surface area contributed by atoms with Gasteiger partial charge in [-0.1, -0.05) is 35.3 Å². The largest absolute Gasteiger partial charge is 0.493 e. The minimum absolute atomic E-state index is 0.682. The number of fused-ring (bicyclic) bond motifs is 1. The smallest absolute Gasteiger partial charge is 0.122 e. The lowest BCUT2D eigenvalue weighted by molar-refractivity contribution is 0.357. The van der Waals surface area contributed by atoms with E-state index in [9.17, 15) is 0 Å². The van der Waals surface area contributed by atoms with E-state index in [0.29, 0.717) is 10.0 Å². The maximum absolute atomic E-state index is 6.12. The molecule has 0 saturated carbocycles. The van der Waals surface area contributed by atoms with Crippen molar-refractivity contribution in [2.24, 2.45) is 0 Å². The summed E-state index contributed by atoms with van der Waals surface area (Å²) in [6.07, 6.45) is 2.93. The fourth-order valence-electron chi connectivity index (χ4n) is 4.07. The van der Waals surface area contributed by atoms with E-state index in [1.165, 1.54) is 5.56 Å². The number of H-pyrrole nitrogens is 1. The maximum atomic E-state index is 6.12. The topological polar surface area (TPSA) is 55.7 Å². The van der Waals surface area contributed by atoms with Crippen LogP contribution < -0.4 is 4.74 Å². The molecule has 0 spiro atoms. The summed E-state index contributed by atoms with van der Waals surface area (Å²) in [6.45, 7) is 0.735. The zero-order chi connectivity index (χ0) is 22.4. The summed E-state index contributed by atoms with van der Waals surface area (Å²) in [5.74, 6) is 0.962. The number of hydrogen-bond donors (Lipinski definition) is 1. The molecule has 1 aliphatic rings. The Morgan fingerprint density at radius 1 is 0.848 bits per heavy atom. The van der Waals surface area contributed by atoms with E-state index >= 15 is 0 Å². The average molecular weight is 473 g/mol. The third-order valence-corrected chi connectivity index (χ3v) is 6.28.